The van der Waals surface area contributed by atoms with Crippen molar-refractivity contribution in [1.29, 1.82) is 0 Å². The van der Waals surface area contributed by atoms with Crippen LogP contribution in [-0.2, 0) is 0 Å². The van der Waals surface area contributed by atoms with Gasteiger partial charge in [-0.3, -0.25) is 0 Å². The van der Waals surface area contributed by atoms with Gasteiger partial charge in [0.05, 0.1) is 0 Å². The quantitative estimate of drug-likeness (QED) is 0.517. The van der Waals surface area contributed by atoms with E-state index in [1.807, 2.05) is 0 Å². The molecule has 0 radical (unpaired) electrons. The third-order valence-corrected chi connectivity index (χ3v) is 1.22. The van der Waals surface area contributed by atoms with Gasteiger partial charge >= 0.3 is 6.36 Å². The number of hydrogen-bond donors (Lipinski definition) is 0. The summed E-state index contributed by atoms with van der Waals surface area (Å²) in [7, 11) is 0. The lowest BCUT2D eigenvalue weighted by molar-refractivity contribution is -0.276. The van der Waals surface area contributed by atoms with Crippen molar-refractivity contribution in [2.75, 3.05) is 0 Å². The summed E-state index contributed by atoms with van der Waals surface area (Å²) in [5.41, 5.74) is 0. The monoisotopic (exact) mass is 216 g/mol. The maximum atomic E-state index is 12.6. The van der Waals surface area contributed by atoms with E-state index in [0.29, 0.717) is 12.1 Å². The largest absolute Gasteiger partial charge is 0.573 e. The van der Waals surface area contributed by atoms with E-state index in [2.05, 4.69) is 4.74 Å². The van der Waals surface area contributed by atoms with Gasteiger partial charge in [-0.2, -0.15) is 4.39 Å². The molecule has 78 valence electrons. The van der Waals surface area contributed by atoms with Gasteiger partial charge < -0.3 is 4.74 Å². The number of hydrogen-bond acceptors (Lipinski definition) is 1. The van der Waals surface area contributed by atoms with Crippen LogP contribution in [0.5, 0.6) is 5.75 Å². The van der Waals surface area contributed by atoms with E-state index < -0.39 is 29.6 Å². The van der Waals surface area contributed by atoms with E-state index >= 15 is 0 Å². The molecule has 1 rings (SSSR count). The van der Waals surface area contributed by atoms with Crippen molar-refractivity contribution in [2.45, 2.75) is 6.36 Å². The van der Waals surface area contributed by atoms with Gasteiger partial charge in [-0.15, -0.1) is 13.2 Å². The number of benzene rings is 1. The predicted octanol–water partition coefficient (Wildman–Crippen LogP) is 3.00. The van der Waals surface area contributed by atoms with Crippen LogP contribution >= 0.6 is 0 Å². The number of alkyl halides is 3. The van der Waals surface area contributed by atoms with Crippen molar-refractivity contribution in [2.24, 2.45) is 0 Å². The lowest BCUT2D eigenvalue weighted by Gasteiger charge is -2.10. The second-order valence-corrected chi connectivity index (χ2v) is 2.22. The summed E-state index contributed by atoms with van der Waals surface area (Å²) >= 11 is 0. The first-order chi connectivity index (χ1) is 6.31. The Hall–Kier alpha value is -1.40. The second kappa shape index (κ2) is 3.39. The lowest BCUT2D eigenvalue weighted by atomic mass is 10.3. The summed E-state index contributed by atoms with van der Waals surface area (Å²) in [6, 6.07) is 0.688. The predicted molar refractivity (Wildman–Crippen MR) is 33.0 cm³/mol. The molecule has 1 aromatic rings. The minimum atomic E-state index is -5.27. The zero-order valence-electron chi connectivity index (χ0n) is 6.33. The van der Waals surface area contributed by atoms with Crippen LogP contribution < -0.4 is 4.74 Å². The van der Waals surface area contributed by atoms with Crippen LogP contribution in [0.1, 0.15) is 0 Å². The van der Waals surface area contributed by atoms with E-state index in [-0.39, 0.29) is 0 Å². The molecule has 0 saturated heterocycles. The van der Waals surface area contributed by atoms with Gasteiger partial charge in [-0.1, -0.05) is 0 Å². The van der Waals surface area contributed by atoms with Crippen molar-refractivity contribution < 1.29 is 31.1 Å². The molecule has 0 amide bonds. The molecule has 0 aliphatic rings. The van der Waals surface area contributed by atoms with Crippen molar-refractivity contribution in [3.05, 3.63) is 29.6 Å². The first kappa shape index (κ1) is 10.7. The molecule has 0 unspecified atom stereocenters. The Morgan fingerprint density at radius 2 is 1.43 bits per heavy atom. The second-order valence-electron chi connectivity index (χ2n) is 2.22. The molecule has 0 aromatic heterocycles. The third-order valence-electron chi connectivity index (χ3n) is 1.22. The Morgan fingerprint density at radius 1 is 0.929 bits per heavy atom. The van der Waals surface area contributed by atoms with Crippen molar-refractivity contribution in [1.82, 2.24) is 0 Å². The average molecular weight is 216 g/mol. The van der Waals surface area contributed by atoms with Crippen LogP contribution in [0.4, 0.5) is 26.3 Å². The summed E-state index contributed by atoms with van der Waals surface area (Å²) in [4.78, 5) is 0. The van der Waals surface area contributed by atoms with Gasteiger partial charge in [-0.25, -0.2) is 8.78 Å². The molecule has 0 aliphatic carbocycles. The first-order valence-corrected chi connectivity index (χ1v) is 3.20. The van der Waals surface area contributed by atoms with Gasteiger partial charge in [0.15, 0.2) is 11.6 Å². The number of rotatable bonds is 1. The molecule has 0 N–H and O–H groups in total. The van der Waals surface area contributed by atoms with E-state index in [0.717, 1.165) is 0 Å². The molecule has 1 aromatic carbocycles. The van der Waals surface area contributed by atoms with E-state index in [1.54, 1.807) is 0 Å². The highest BCUT2D eigenvalue weighted by atomic mass is 19.4. The molecule has 0 spiro atoms. The van der Waals surface area contributed by atoms with Gasteiger partial charge in [-0.05, 0) is 12.1 Å². The minimum absolute atomic E-state index is 0.333. The average Bonchev–Trinajstić information content (AvgIpc) is 2.04. The molecule has 0 bridgehead atoms. The highest BCUT2D eigenvalue weighted by Crippen LogP contribution is 2.29. The summed E-state index contributed by atoms with van der Waals surface area (Å²) in [5.74, 6) is -7.05. The Kier molecular flexibility index (Phi) is 2.59. The van der Waals surface area contributed by atoms with Crippen molar-refractivity contribution >= 4 is 0 Å². The normalized spacial score (nSPS) is 11.6. The van der Waals surface area contributed by atoms with Crippen LogP contribution in [0, 0.1) is 17.5 Å². The highest BCUT2D eigenvalue weighted by Gasteiger charge is 2.34. The van der Waals surface area contributed by atoms with E-state index in [1.165, 1.54) is 0 Å². The van der Waals surface area contributed by atoms with Crippen LogP contribution in [0.2, 0.25) is 0 Å². The zero-order chi connectivity index (χ0) is 10.9. The van der Waals surface area contributed by atoms with Gasteiger partial charge in [0.25, 0.3) is 0 Å². The molecule has 0 atom stereocenters. The van der Waals surface area contributed by atoms with Crippen LogP contribution in [0.25, 0.3) is 0 Å². The van der Waals surface area contributed by atoms with Gasteiger partial charge in [0.2, 0.25) is 11.6 Å². The summed E-state index contributed by atoms with van der Waals surface area (Å²) in [6.07, 6.45) is -5.27. The maximum Gasteiger partial charge on any atom is 0.573 e. The Labute approximate surface area is 73.9 Å². The molecule has 0 fully saturated rings. The molecule has 7 heteroatoms. The smallest absolute Gasteiger partial charge is 0.399 e. The molecule has 0 aliphatic heterocycles. The van der Waals surface area contributed by atoms with Crippen LogP contribution in [0.15, 0.2) is 12.1 Å². The topological polar surface area (TPSA) is 9.23 Å². The maximum absolute atomic E-state index is 12.6. The third kappa shape index (κ3) is 2.30. The SMILES string of the molecule is Fc1ccc(F)c(OC(F)(F)F)c1F. The summed E-state index contributed by atoms with van der Waals surface area (Å²) in [5, 5.41) is 0. The molecular weight excluding hydrogens is 214 g/mol. The molecular formula is C7H2F6O. The standard InChI is InChI=1S/C7H2F6O/c8-3-1-2-4(9)6(5(3)10)14-7(11,12)13/h1-2H. The Morgan fingerprint density at radius 3 is 1.93 bits per heavy atom. The molecule has 1 nitrogen and oxygen atoms in total. The fraction of sp³-hybridized carbons (Fsp3) is 0.143. The summed E-state index contributed by atoms with van der Waals surface area (Å²) in [6.45, 7) is 0. The number of ether oxygens (including phenoxy) is 1. The van der Waals surface area contributed by atoms with Gasteiger partial charge in [0.1, 0.15) is 0 Å². The highest BCUT2D eigenvalue weighted by molar-refractivity contribution is 5.27. The molecule has 0 saturated carbocycles. The fourth-order valence-corrected chi connectivity index (χ4v) is 0.718. The van der Waals surface area contributed by atoms with Crippen LogP contribution in [0.3, 0.4) is 0 Å². The minimum Gasteiger partial charge on any atom is -0.399 e. The first-order valence-electron chi connectivity index (χ1n) is 3.20. The molecule has 14 heavy (non-hydrogen) atoms. The van der Waals surface area contributed by atoms with Crippen LogP contribution in [-0.4, -0.2) is 6.36 Å². The van der Waals surface area contributed by atoms with Crippen molar-refractivity contribution in [3.63, 3.8) is 0 Å². The Bertz CT molecular complexity index is 345. The fourth-order valence-electron chi connectivity index (χ4n) is 0.718. The summed E-state index contributed by atoms with van der Waals surface area (Å²) < 4.78 is 75.0. The number of halogens is 6. The van der Waals surface area contributed by atoms with Crippen molar-refractivity contribution in [3.8, 4) is 5.75 Å². The zero-order valence-corrected chi connectivity index (χ0v) is 6.33. The lowest BCUT2D eigenvalue weighted by Crippen LogP contribution is -2.19. The Balaban J connectivity index is 3.13. The van der Waals surface area contributed by atoms with E-state index in [4.69, 9.17) is 0 Å². The molecule has 0 heterocycles. The van der Waals surface area contributed by atoms with E-state index in [9.17, 15) is 26.3 Å². The van der Waals surface area contributed by atoms with Gasteiger partial charge in [0, 0.05) is 0 Å².